The monoisotopic (exact) mass is 689 g/mol. The number of fused-ring (bicyclic) bond motifs is 4. The minimum Gasteiger partial charge on any atom is -0.475 e. The molecule has 0 aliphatic carbocycles. The maximum absolute atomic E-state index is 14.6. The van der Waals surface area contributed by atoms with Crippen LogP contribution >= 0.6 is 11.6 Å². The number of carbonyl (C=O) groups is 3. The number of nitrogens with zero attached hydrogens (tertiary/aromatic N) is 3. The van der Waals surface area contributed by atoms with Crippen molar-refractivity contribution in [3.63, 3.8) is 0 Å². The van der Waals surface area contributed by atoms with Crippen LogP contribution in [0, 0.1) is 11.7 Å². The van der Waals surface area contributed by atoms with Crippen molar-refractivity contribution in [2.45, 2.75) is 38.4 Å². The van der Waals surface area contributed by atoms with E-state index in [1.807, 2.05) is 13.0 Å². The molecule has 0 saturated heterocycles. The van der Waals surface area contributed by atoms with Crippen molar-refractivity contribution in [3.8, 4) is 22.4 Å². The zero-order valence-corrected chi connectivity index (χ0v) is 26.1. The van der Waals surface area contributed by atoms with Crippen molar-refractivity contribution in [1.82, 2.24) is 14.5 Å². The van der Waals surface area contributed by atoms with E-state index in [1.165, 1.54) is 36.2 Å². The van der Waals surface area contributed by atoms with Gasteiger partial charge in [0.1, 0.15) is 0 Å². The number of nitrogens with one attached hydrogen (secondary N) is 2. The molecule has 11 nitrogen and oxygen atoms in total. The number of carboxylic acids is 1. The van der Waals surface area contributed by atoms with Gasteiger partial charge in [-0.2, -0.15) is 13.2 Å². The molecule has 2 atom stereocenters. The summed E-state index contributed by atoms with van der Waals surface area (Å²) in [5.74, 6) is -3.89. The Morgan fingerprint density at radius 3 is 2.46 bits per heavy atom. The first-order valence-electron chi connectivity index (χ1n) is 14.3. The summed E-state index contributed by atoms with van der Waals surface area (Å²) in [6.07, 6.45) is -0.959. The molecule has 0 radical (unpaired) electrons. The first kappa shape index (κ1) is 35.5. The lowest BCUT2D eigenvalue weighted by molar-refractivity contribution is -0.192. The predicted octanol–water partition coefficient (Wildman–Crippen LogP) is 6.92. The van der Waals surface area contributed by atoms with Gasteiger partial charge in [0.25, 0.3) is 5.56 Å². The van der Waals surface area contributed by atoms with Crippen LogP contribution in [0.4, 0.5) is 33.7 Å². The molecule has 0 spiro atoms. The highest BCUT2D eigenvalue weighted by molar-refractivity contribution is 6.31. The van der Waals surface area contributed by atoms with E-state index in [1.54, 1.807) is 36.5 Å². The van der Waals surface area contributed by atoms with E-state index in [0.717, 1.165) is 5.56 Å². The van der Waals surface area contributed by atoms with Crippen LogP contribution in [0.5, 0.6) is 0 Å². The standard InChI is InChI=1S/C30H27ClFN5O4.C2HF3O2/c1-17-5-3-8-26(37-16-34-23(15-27(37)38)21-6-4-7-22(31)28(21)32)25-13-18(11-12-33-25)20-10-9-19(35-30(40)41-2)14-24(20)36-29(17)39;3-2(4,5)1(6)7/h4,6-7,9-17,26H,3,5,8H2,1-2H3,(H,35,40)(H,36,39);(H,6,7)/t17-,26+;/m1./s1. The van der Waals surface area contributed by atoms with Crippen LogP contribution in [-0.2, 0) is 14.3 Å². The lowest BCUT2D eigenvalue weighted by Crippen LogP contribution is -2.27. The molecule has 2 amide bonds. The second-order valence-corrected chi connectivity index (χ2v) is 11.0. The van der Waals surface area contributed by atoms with E-state index in [-0.39, 0.29) is 33.7 Å². The summed E-state index contributed by atoms with van der Waals surface area (Å²) in [6, 6.07) is 14.2. The van der Waals surface area contributed by atoms with Crippen LogP contribution in [0.3, 0.4) is 0 Å². The molecule has 0 saturated carbocycles. The first-order chi connectivity index (χ1) is 22.7. The third kappa shape index (κ3) is 8.53. The van der Waals surface area contributed by atoms with Crippen molar-refractivity contribution < 1.29 is 41.8 Å². The van der Waals surface area contributed by atoms with Gasteiger partial charge in [-0.15, -0.1) is 0 Å². The van der Waals surface area contributed by atoms with Crippen LogP contribution in [-0.4, -0.2) is 50.9 Å². The van der Waals surface area contributed by atoms with Gasteiger partial charge in [-0.3, -0.25) is 24.5 Å². The van der Waals surface area contributed by atoms with Gasteiger partial charge >= 0.3 is 18.2 Å². The van der Waals surface area contributed by atoms with Crippen LogP contribution in [0.2, 0.25) is 5.02 Å². The number of benzene rings is 2. The number of rotatable bonds is 3. The lowest BCUT2D eigenvalue weighted by Gasteiger charge is -2.23. The van der Waals surface area contributed by atoms with Gasteiger partial charge in [-0.25, -0.2) is 19.0 Å². The maximum atomic E-state index is 14.6. The Kier molecular flexibility index (Phi) is 11.2. The first-order valence-corrected chi connectivity index (χ1v) is 14.7. The summed E-state index contributed by atoms with van der Waals surface area (Å²) in [4.78, 5) is 56.1. The van der Waals surface area contributed by atoms with Crippen molar-refractivity contribution in [1.29, 1.82) is 0 Å². The number of amides is 2. The number of methoxy groups -OCH3 is 1. The van der Waals surface area contributed by atoms with Gasteiger partial charge in [-0.1, -0.05) is 37.1 Å². The smallest absolute Gasteiger partial charge is 0.475 e. The summed E-state index contributed by atoms with van der Waals surface area (Å²) in [5.41, 5.74) is 3.01. The van der Waals surface area contributed by atoms with Crippen molar-refractivity contribution in [2.24, 2.45) is 5.92 Å². The van der Waals surface area contributed by atoms with Crippen molar-refractivity contribution in [3.05, 3.63) is 94.0 Å². The van der Waals surface area contributed by atoms with E-state index >= 15 is 0 Å². The molecule has 0 unspecified atom stereocenters. The molecule has 1 aliphatic heterocycles. The van der Waals surface area contributed by atoms with E-state index in [0.29, 0.717) is 41.9 Å². The lowest BCUT2D eigenvalue weighted by atomic mass is 9.95. The Morgan fingerprint density at radius 1 is 1.06 bits per heavy atom. The summed E-state index contributed by atoms with van der Waals surface area (Å²) in [7, 11) is 1.27. The number of hydrogen-bond donors (Lipinski definition) is 3. The van der Waals surface area contributed by atoms with Gasteiger partial charge in [0.05, 0.1) is 41.6 Å². The molecule has 4 aromatic rings. The van der Waals surface area contributed by atoms with Gasteiger partial charge in [0, 0.05) is 35.0 Å². The van der Waals surface area contributed by atoms with Gasteiger partial charge in [-0.05, 0) is 54.8 Å². The number of aromatic nitrogens is 3. The second kappa shape index (κ2) is 15.1. The highest BCUT2D eigenvalue weighted by atomic mass is 35.5. The Bertz CT molecular complexity index is 1900. The average molecular weight is 690 g/mol. The second-order valence-electron chi connectivity index (χ2n) is 10.6. The maximum Gasteiger partial charge on any atom is 0.490 e. The van der Waals surface area contributed by atoms with Crippen LogP contribution in [0.1, 0.15) is 37.9 Å². The number of carboxylic acid groups (broad SMARTS) is 1. The summed E-state index contributed by atoms with van der Waals surface area (Å²) >= 11 is 5.93. The summed E-state index contributed by atoms with van der Waals surface area (Å²) in [6.45, 7) is 1.84. The van der Waals surface area contributed by atoms with Crippen molar-refractivity contribution in [2.75, 3.05) is 17.7 Å². The Labute approximate surface area is 275 Å². The largest absolute Gasteiger partial charge is 0.490 e. The van der Waals surface area contributed by atoms with Crippen LogP contribution < -0.4 is 16.2 Å². The zero-order chi connectivity index (χ0) is 35.2. The molecular formula is C32H28ClF4N5O6. The van der Waals surface area contributed by atoms with E-state index in [9.17, 15) is 31.9 Å². The molecule has 16 heteroatoms. The highest BCUT2D eigenvalue weighted by Crippen LogP contribution is 2.35. The van der Waals surface area contributed by atoms with E-state index in [4.69, 9.17) is 21.5 Å². The fraction of sp³-hybridized carbons (Fsp3) is 0.250. The Hall–Kier alpha value is -5.31. The third-order valence-corrected chi connectivity index (χ3v) is 7.64. The molecule has 2 aromatic carbocycles. The van der Waals surface area contributed by atoms with E-state index < -0.39 is 30.1 Å². The molecule has 5 rings (SSSR count). The molecular weight excluding hydrogens is 662 g/mol. The number of ether oxygens (including phenoxy) is 1. The molecule has 48 heavy (non-hydrogen) atoms. The van der Waals surface area contributed by atoms with Gasteiger partial charge < -0.3 is 15.2 Å². The average Bonchev–Trinajstić information content (AvgIpc) is 3.04. The Morgan fingerprint density at radius 2 is 1.79 bits per heavy atom. The summed E-state index contributed by atoms with van der Waals surface area (Å²) < 4.78 is 52.5. The minimum atomic E-state index is -5.08. The number of pyridine rings is 1. The minimum absolute atomic E-state index is 0.0551. The molecule has 3 heterocycles. The topological polar surface area (TPSA) is 153 Å². The molecule has 0 fully saturated rings. The number of hydrogen-bond acceptors (Lipinski definition) is 7. The Balaban J connectivity index is 0.000000671. The third-order valence-electron chi connectivity index (χ3n) is 7.35. The number of anilines is 2. The quantitative estimate of drug-likeness (QED) is 0.196. The molecule has 2 bridgehead atoms. The van der Waals surface area contributed by atoms with Gasteiger partial charge in [0.15, 0.2) is 5.82 Å². The van der Waals surface area contributed by atoms with Gasteiger partial charge in [0.2, 0.25) is 5.91 Å². The van der Waals surface area contributed by atoms with Crippen LogP contribution in [0.15, 0.2) is 71.9 Å². The fourth-order valence-corrected chi connectivity index (χ4v) is 5.05. The number of alkyl halides is 3. The highest BCUT2D eigenvalue weighted by Gasteiger charge is 2.38. The van der Waals surface area contributed by atoms with Crippen molar-refractivity contribution >= 4 is 40.9 Å². The molecule has 252 valence electrons. The number of aliphatic carboxylic acids is 1. The number of carbonyl (C=O) groups excluding carboxylic acids is 2. The van der Waals surface area contributed by atoms with Crippen LogP contribution in [0.25, 0.3) is 22.4 Å². The fourth-order valence-electron chi connectivity index (χ4n) is 4.87. The molecule has 2 aromatic heterocycles. The number of halogens is 5. The zero-order valence-electron chi connectivity index (χ0n) is 25.3. The normalized spacial score (nSPS) is 16.1. The predicted molar refractivity (Wildman–Crippen MR) is 168 cm³/mol. The summed E-state index contributed by atoms with van der Waals surface area (Å²) in [5, 5.41) is 12.7. The SMILES string of the molecule is COC(=O)Nc1ccc2c(c1)NC(=O)[C@H](C)CCC[C@H](n1cnc(-c3cccc(Cl)c3F)cc1=O)c1cc-2ccn1.O=C(O)C(F)(F)F. The van der Waals surface area contributed by atoms with E-state index in [2.05, 4.69) is 25.3 Å². The molecule has 3 N–H and O–H groups in total. The molecule has 1 aliphatic rings.